The van der Waals surface area contributed by atoms with Crippen molar-refractivity contribution in [2.45, 2.75) is 44.8 Å². The van der Waals surface area contributed by atoms with E-state index in [1.165, 1.54) is 5.56 Å². The van der Waals surface area contributed by atoms with E-state index >= 15 is 0 Å². The Bertz CT molecular complexity index is 1610. The fraction of sp³-hybridized carbons (Fsp3) is 0.310. The number of fused-ring (bicyclic) bond motifs is 2. The highest BCUT2D eigenvalue weighted by molar-refractivity contribution is 5.89. The molecule has 0 radical (unpaired) electrons. The molecule has 37 heavy (non-hydrogen) atoms. The van der Waals surface area contributed by atoms with Crippen molar-refractivity contribution in [2.75, 3.05) is 18.0 Å². The molecule has 8 nitrogen and oxygen atoms in total. The second-order valence-corrected chi connectivity index (χ2v) is 10.1. The zero-order valence-corrected chi connectivity index (χ0v) is 20.8. The molecular weight excluding hydrogens is 462 g/mol. The number of aliphatic imine (C=N–C) groups is 1. The molecule has 0 aliphatic carbocycles. The minimum atomic E-state index is -0.158. The molecule has 2 aromatic carbocycles. The van der Waals surface area contributed by atoms with E-state index < -0.39 is 0 Å². The molecule has 2 aromatic heterocycles. The molecule has 0 bridgehead atoms. The maximum atomic E-state index is 14.0. The summed E-state index contributed by atoms with van der Waals surface area (Å²) in [5.74, 6) is 0.995. The smallest absolute Gasteiger partial charge is 0.278 e. The van der Waals surface area contributed by atoms with Gasteiger partial charge in [-0.3, -0.25) is 14.4 Å². The second kappa shape index (κ2) is 9.34. The molecule has 1 saturated heterocycles. The Morgan fingerprint density at radius 2 is 1.97 bits per heavy atom. The molecule has 2 N–H and O–H groups in total. The van der Waals surface area contributed by atoms with Gasteiger partial charge in [0.1, 0.15) is 28.5 Å². The van der Waals surface area contributed by atoms with Crippen molar-refractivity contribution in [1.82, 2.24) is 14.1 Å². The van der Waals surface area contributed by atoms with Crippen molar-refractivity contribution < 1.29 is 0 Å². The lowest BCUT2D eigenvalue weighted by molar-refractivity contribution is 0.498. The molecule has 8 heteroatoms. The third-order valence-electron chi connectivity index (χ3n) is 7.43. The van der Waals surface area contributed by atoms with Crippen molar-refractivity contribution in [1.29, 1.82) is 5.26 Å². The van der Waals surface area contributed by atoms with Crippen LogP contribution >= 0.6 is 0 Å². The highest BCUT2D eigenvalue weighted by atomic mass is 16.1. The van der Waals surface area contributed by atoms with Crippen LogP contribution in [0, 0.1) is 11.3 Å². The summed E-state index contributed by atoms with van der Waals surface area (Å²) in [4.78, 5) is 25.3. The first kappa shape index (κ1) is 23.2. The highest BCUT2D eigenvalue weighted by Crippen LogP contribution is 2.34. The van der Waals surface area contributed by atoms with Crippen LogP contribution in [-0.2, 0) is 13.1 Å². The van der Waals surface area contributed by atoms with Crippen LogP contribution in [0.2, 0.25) is 0 Å². The predicted molar refractivity (Wildman–Crippen MR) is 146 cm³/mol. The quantitative estimate of drug-likeness (QED) is 0.456. The molecule has 4 aromatic rings. The summed E-state index contributed by atoms with van der Waals surface area (Å²) >= 11 is 0. The zero-order chi connectivity index (χ0) is 25.5. The molecule has 1 fully saturated rings. The van der Waals surface area contributed by atoms with Crippen LogP contribution in [0.3, 0.4) is 0 Å². The van der Waals surface area contributed by atoms with Gasteiger partial charge in [0, 0.05) is 37.8 Å². The van der Waals surface area contributed by atoms with Crippen molar-refractivity contribution in [3.63, 3.8) is 0 Å². The summed E-state index contributed by atoms with van der Waals surface area (Å²) in [6, 6.07) is 18.5. The number of nitrogens with two attached hydrogens (primary N) is 1. The van der Waals surface area contributed by atoms with Crippen molar-refractivity contribution >= 4 is 28.8 Å². The lowest BCUT2D eigenvalue weighted by Crippen LogP contribution is -2.44. The molecular formula is C29H29N7O. The Kier molecular flexibility index (Phi) is 5.85. The summed E-state index contributed by atoms with van der Waals surface area (Å²) < 4.78 is 3.62. The van der Waals surface area contributed by atoms with Crippen molar-refractivity contribution in [3.8, 4) is 6.07 Å². The van der Waals surface area contributed by atoms with Crippen LogP contribution in [0.15, 0.2) is 64.6 Å². The summed E-state index contributed by atoms with van der Waals surface area (Å²) in [5.41, 5.74) is 11.7. The number of benzene rings is 2. The third-order valence-corrected chi connectivity index (χ3v) is 7.43. The molecule has 4 heterocycles. The standard InChI is InChI=1S/C29H29N7O/c1-19-14-32-25-10-9-21(12-23(19)25)15-35-18-33-26-24(13-30)28(34-11-5-8-22(31)17-34)36(27(26)29(35)37)16-20-6-3-2-4-7-20/h2-4,6-7,9-10,12,14,18-19,22H,5,8,11,15-17,31H2,1H3/t19?,22-/m0/s1. The molecule has 0 spiro atoms. The summed E-state index contributed by atoms with van der Waals surface area (Å²) in [7, 11) is 0. The Morgan fingerprint density at radius 1 is 1.14 bits per heavy atom. The average Bonchev–Trinajstić information content (AvgIpc) is 3.43. The minimum Gasteiger partial charge on any atom is -0.355 e. The Morgan fingerprint density at radius 3 is 2.76 bits per heavy atom. The van der Waals surface area contributed by atoms with E-state index in [1.807, 2.05) is 53.2 Å². The van der Waals surface area contributed by atoms with Crippen LogP contribution in [0.4, 0.5) is 11.5 Å². The van der Waals surface area contributed by atoms with Crippen LogP contribution in [0.25, 0.3) is 11.0 Å². The number of rotatable bonds is 5. The molecule has 186 valence electrons. The third kappa shape index (κ3) is 4.11. The van der Waals surface area contributed by atoms with E-state index in [4.69, 9.17) is 5.73 Å². The lowest BCUT2D eigenvalue weighted by Gasteiger charge is -2.33. The van der Waals surface area contributed by atoms with E-state index in [9.17, 15) is 10.1 Å². The largest absolute Gasteiger partial charge is 0.355 e. The van der Waals surface area contributed by atoms with Gasteiger partial charge in [-0.15, -0.1) is 0 Å². The van der Waals surface area contributed by atoms with Crippen LogP contribution in [-0.4, -0.2) is 39.5 Å². The maximum Gasteiger partial charge on any atom is 0.278 e. The van der Waals surface area contributed by atoms with E-state index in [0.29, 0.717) is 36.2 Å². The molecule has 1 unspecified atom stereocenters. The van der Waals surface area contributed by atoms with Crippen LogP contribution in [0.5, 0.6) is 0 Å². The minimum absolute atomic E-state index is 0.0271. The maximum absolute atomic E-state index is 14.0. The van der Waals surface area contributed by atoms with Gasteiger partial charge < -0.3 is 15.2 Å². The van der Waals surface area contributed by atoms with Gasteiger partial charge in [0.05, 0.1) is 18.6 Å². The number of nitriles is 1. The first-order valence-electron chi connectivity index (χ1n) is 12.8. The Hall–Kier alpha value is -4.22. The molecule has 0 saturated carbocycles. The van der Waals surface area contributed by atoms with Gasteiger partial charge in [0.15, 0.2) is 0 Å². The van der Waals surface area contributed by atoms with Crippen LogP contribution < -0.4 is 16.2 Å². The number of hydrogen-bond donors (Lipinski definition) is 1. The Balaban J connectivity index is 1.50. The number of hydrogen-bond acceptors (Lipinski definition) is 6. The fourth-order valence-electron chi connectivity index (χ4n) is 5.57. The molecule has 6 rings (SSSR count). The topological polar surface area (TPSA) is 105 Å². The molecule has 0 amide bonds. The summed E-state index contributed by atoms with van der Waals surface area (Å²) in [6.07, 6.45) is 5.41. The molecule has 2 aliphatic heterocycles. The molecule has 2 aliphatic rings. The Labute approximate surface area is 215 Å². The first-order valence-corrected chi connectivity index (χ1v) is 12.8. The van der Waals surface area contributed by atoms with E-state index in [0.717, 1.165) is 42.0 Å². The SMILES string of the molecule is CC1C=Nc2ccc(Cn3cnc4c(C#N)c(N5CCC[C@H](N)C5)n(Cc5ccccc5)c4c3=O)cc21. The number of piperidine rings is 1. The highest BCUT2D eigenvalue weighted by Gasteiger charge is 2.28. The first-order chi connectivity index (χ1) is 18.0. The van der Waals surface area contributed by atoms with Crippen LogP contribution in [0.1, 0.15) is 47.9 Å². The van der Waals surface area contributed by atoms with Crippen molar-refractivity contribution in [3.05, 3.63) is 87.5 Å². The lowest BCUT2D eigenvalue weighted by atomic mass is 10.0. The van der Waals surface area contributed by atoms with Gasteiger partial charge in [-0.05, 0) is 35.6 Å². The normalized spacial score (nSPS) is 18.8. The monoisotopic (exact) mass is 491 g/mol. The van der Waals surface area contributed by atoms with Gasteiger partial charge >= 0.3 is 0 Å². The van der Waals surface area contributed by atoms with E-state index in [2.05, 4.69) is 33.9 Å². The predicted octanol–water partition coefficient (Wildman–Crippen LogP) is 3.91. The van der Waals surface area contributed by atoms with Gasteiger partial charge in [0.25, 0.3) is 5.56 Å². The summed E-state index contributed by atoms with van der Waals surface area (Å²) in [6.45, 7) is 4.41. The fourth-order valence-corrected chi connectivity index (χ4v) is 5.57. The second-order valence-electron chi connectivity index (χ2n) is 10.1. The van der Waals surface area contributed by atoms with Gasteiger partial charge in [0.2, 0.25) is 0 Å². The summed E-state index contributed by atoms with van der Waals surface area (Å²) in [5, 5.41) is 10.2. The number of nitrogens with zero attached hydrogens (tertiary/aromatic N) is 6. The van der Waals surface area contributed by atoms with Gasteiger partial charge in [-0.25, -0.2) is 4.98 Å². The van der Waals surface area contributed by atoms with E-state index in [-0.39, 0.29) is 17.5 Å². The van der Waals surface area contributed by atoms with Gasteiger partial charge in [-0.1, -0.05) is 49.4 Å². The van der Waals surface area contributed by atoms with Gasteiger partial charge in [-0.2, -0.15) is 5.26 Å². The molecule has 2 atom stereocenters. The average molecular weight is 492 g/mol. The number of aromatic nitrogens is 3. The van der Waals surface area contributed by atoms with Crippen molar-refractivity contribution in [2.24, 2.45) is 10.7 Å². The zero-order valence-electron chi connectivity index (χ0n) is 20.8. The van der Waals surface area contributed by atoms with E-state index in [1.54, 1.807) is 10.9 Å². The number of anilines is 1.